The Hall–Kier alpha value is -2.82. The molecule has 0 aliphatic carbocycles. The van der Waals surface area contributed by atoms with Crippen molar-refractivity contribution < 1.29 is 19.4 Å². The quantitative estimate of drug-likeness (QED) is 0.859. The predicted octanol–water partition coefficient (Wildman–Crippen LogP) is 2.67. The molecular formula is C18H19NO4. The summed E-state index contributed by atoms with van der Waals surface area (Å²) >= 11 is 0. The van der Waals surface area contributed by atoms with Gasteiger partial charge in [0, 0.05) is 6.54 Å². The highest BCUT2D eigenvalue weighted by Crippen LogP contribution is 2.19. The molecule has 0 bridgehead atoms. The van der Waals surface area contributed by atoms with E-state index in [4.69, 9.17) is 9.84 Å². The summed E-state index contributed by atoms with van der Waals surface area (Å²) in [7, 11) is 1.53. The van der Waals surface area contributed by atoms with Gasteiger partial charge in [-0.25, -0.2) is 4.79 Å². The van der Waals surface area contributed by atoms with Crippen LogP contribution in [0.1, 0.15) is 31.8 Å². The number of rotatable bonds is 6. The van der Waals surface area contributed by atoms with Crippen molar-refractivity contribution in [3.05, 3.63) is 64.7 Å². The summed E-state index contributed by atoms with van der Waals surface area (Å²) in [6, 6.07) is 12.1. The van der Waals surface area contributed by atoms with Gasteiger partial charge in [0.15, 0.2) is 0 Å². The molecule has 2 aromatic carbocycles. The van der Waals surface area contributed by atoms with Gasteiger partial charge in [-0.2, -0.15) is 0 Å². The normalized spacial score (nSPS) is 10.2. The molecule has 120 valence electrons. The number of aryl methyl sites for hydroxylation is 1. The fourth-order valence-corrected chi connectivity index (χ4v) is 2.23. The average Bonchev–Trinajstić information content (AvgIpc) is 2.55. The Morgan fingerprint density at radius 2 is 1.83 bits per heavy atom. The van der Waals surface area contributed by atoms with Crippen molar-refractivity contribution in [2.75, 3.05) is 13.7 Å². The molecule has 0 radical (unpaired) electrons. The van der Waals surface area contributed by atoms with Crippen LogP contribution in [-0.2, 0) is 6.42 Å². The lowest BCUT2D eigenvalue weighted by atomic mass is 10.1. The third-order valence-corrected chi connectivity index (χ3v) is 3.50. The molecule has 0 aromatic heterocycles. The van der Waals surface area contributed by atoms with Crippen LogP contribution in [0.25, 0.3) is 0 Å². The highest BCUT2D eigenvalue weighted by Gasteiger charge is 2.12. The van der Waals surface area contributed by atoms with Crippen LogP contribution in [0.2, 0.25) is 0 Å². The Morgan fingerprint density at radius 3 is 2.43 bits per heavy atom. The van der Waals surface area contributed by atoms with E-state index in [1.807, 2.05) is 13.0 Å². The maximum atomic E-state index is 12.2. The van der Waals surface area contributed by atoms with Crippen molar-refractivity contribution >= 4 is 11.9 Å². The van der Waals surface area contributed by atoms with Gasteiger partial charge in [0.1, 0.15) is 5.75 Å². The minimum atomic E-state index is -0.948. The van der Waals surface area contributed by atoms with E-state index in [1.54, 1.807) is 36.4 Å². The highest BCUT2D eigenvalue weighted by atomic mass is 16.5. The maximum absolute atomic E-state index is 12.2. The summed E-state index contributed by atoms with van der Waals surface area (Å²) in [4.78, 5) is 23.0. The van der Waals surface area contributed by atoms with Gasteiger partial charge in [0.2, 0.25) is 0 Å². The van der Waals surface area contributed by atoms with E-state index >= 15 is 0 Å². The zero-order valence-electron chi connectivity index (χ0n) is 13.1. The van der Waals surface area contributed by atoms with Crippen molar-refractivity contribution in [3.63, 3.8) is 0 Å². The standard InChI is InChI=1S/C18H19NO4/c1-12-3-8-16(23-2)15(11-12)17(20)19-10-9-13-4-6-14(7-5-13)18(21)22/h3-8,11H,9-10H2,1-2H3,(H,19,20)(H,21,22). The van der Waals surface area contributed by atoms with E-state index in [2.05, 4.69) is 5.32 Å². The van der Waals surface area contributed by atoms with E-state index < -0.39 is 5.97 Å². The smallest absolute Gasteiger partial charge is 0.335 e. The van der Waals surface area contributed by atoms with Crippen LogP contribution >= 0.6 is 0 Å². The van der Waals surface area contributed by atoms with Crippen LogP contribution in [-0.4, -0.2) is 30.6 Å². The lowest BCUT2D eigenvalue weighted by Crippen LogP contribution is -2.26. The third-order valence-electron chi connectivity index (χ3n) is 3.50. The number of hydrogen-bond donors (Lipinski definition) is 2. The van der Waals surface area contributed by atoms with Crippen LogP contribution in [0, 0.1) is 6.92 Å². The molecule has 0 spiro atoms. The molecule has 23 heavy (non-hydrogen) atoms. The first-order valence-electron chi connectivity index (χ1n) is 7.26. The van der Waals surface area contributed by atoms with Crippen molar-refractivity contribution in [1.29, 1.82) is 0 Å². The Labute approximate surface area is 134 Å². The zero-order valence-corrected chi connectivity index (χ0v) is 13.1. The Balaban J connectivity index is 1.94. The van der Waals surface area contributed by atoms with E-state index in [9.17, 15) is 9.59 Å². The molecule has 5 heteroatoms. The largest absolute Gasteiger partial charge is 0.496 e. The molecule has 1 amide bonds. The number of hydrogen-bond acceptors (Lipinski definition) is 3. The topological polar surface area (TPSA) is 75.6 Å². The second-order valence-corrected chi connectivity index (χ2v) is 5.21. The second kappa shape index (κ2) is 7.45. The van der Waals surface area contributed by atoms with Crippen molar-refractivity contribution in [2.24, 2.45) is 0 Å². The van der Waals surface area contributed by atoms with Crippen LogP contribution in [0.15, 0.2) is 42.5 Å². The van der Waals surface area contributed by atoms with Crippen LogP contribution in [0.5, 0.6) is 5.75 Å². The highest BCUT2D eigenvalue weighted by molar-refractivity contribution is 5.97. The lowest BCUT2D eigenvalue weighted by molar-refractivity contribution is 0.0696. The Bertz CT molecular complexity index is 707. The number of benzene rings is 2. The average molecular weight is 313 g/mol. The number of carbonyl (C=O) groups excluding carboxylic acids is 1. The molecule has 2 rings (SSSR count). The number of nitrogens with one attached hydrogen (secondary N) is 1. The molecule has 0 aliphatic rings. The van der Waals surface area contributed by atoms with Gasteiger partial charge in [-0.05, 0) is 43.2 Å². The van der Waals surface area contributed by atoms with E-state index in [0.717, 1.165) is 11.1 Å². The van der Waals surface area contributed by atoms with Crippen molar-refractivity contribution in [3.8, 4) is 5.75 Å². The molecule has 0 fully saturated rings. The molecule has 5 nitrogen and oxygen atoms in total. The van der Waals surface area contributed by atoms with Crippen LogP contribution < -0.4 is 10.1 Å². The minimum Gasteiger partial charge on any atom is -0.496 e. The summed E-state index contributed by atoms with van der Waals surface area (Å²) < 4.78 is 5.21. The fourth-order valence-electron chi connectivity index (χ4n) is 2.23. The molecule has 0 aliphatic heterocycles. The second-order valence-electron chi connectivity index (χ2n) is 5.21. The summed E-state index contributed by atoms with van der Waals surface area (Å²) in [6.07, 6.45) is 0.625. The predicted molar refractivity (Wildman–Crippen MR) is 87.2 cm³/mol. The number of carboxylic acid groups (broad SMARTS) is 1. The monoisotopic (exact) mass is 313 g/mol. The van der Waals surface area contributed by atoms with Gasteiger partial charge < -0.3 is 15.2 Å². The number of amides is 1. The Morgan fingerprint density at radius 1 is 1.13 bits per heavy atom. The van der Waals surface area contributed by atoms with Gasteiger partial charge in [0.05, 0.1) is 18.2 Å². The van der Waals surface area contributed by atoms with E-state index in [-0.39, 0.29) is 11.5 Å². The molecule has 2 N–H and O–H groups in total. The molecule has 0 saturated carbocycles. The van der Waals surface area contributed by atoms with Crippen LogP contribution in [0.3, 0.4) is 0 Å². The van der Waals surface area contributed by atoms with Gasteiger partial charge in [0.25, 0.3) is 5.91 Å². The van der Waals surface area contributed by atoms with Gasteiger partial charge in [-0.3, -0.25) is 4.79 Å². The van der Waals surface area contributed by atoms with Crippen molar-refractivity contribution in [2.45, 2.75) is 13.3 Å². The van der Waals surface area contributed by atoms with Gasteiger partial charge in [-0.15, -0.1) is 0 Å². The van der Waals surface area contributed by atoms with Crippen LogP contribution in [0.4, 0.5) is 0 Å². The number of methoxy groups -OCH3 is 1. The lowest BCUT2D eigenvalue weighted by Gasteiger charge is -2.10. The summed E-state index contributed by atoms with van der Waals surface area (Å²) in [5.74, 6) is -0.594. The summed E-state index contributed by atoms with van der Waals surface area (Å²) in [5.41, 5.74) is 2.71. The summed E-state index contributed by atoms with van der Waals surface area (Å²) in [6.45, 7) is 2.38. The van der Waals surface area contributed by atoms with E-state index in [1.165, 1.54) is 7.11 Å². The number of ether oxygens (including phenoxy) is 1. The maximum Gasteiger partial charge on any atom is 0.335 e. The first-order chi connectivity index (χ1) is 11.0. The van der Waals surface area contributed by atoms with E-state index in [0.29, 0.717) is 24.3 Å². The fraction of sp³-hybridized carbons (Fsp3) is 0.222. The number of carbonyl (C=O) groups is 2. The molecule has 0 unspecified atom stereocenters. The van der Waals surface area contributed by atoms with Gasteiger partial charge >= 0.3 is 5.97 Å². The third kappa shape index (κ3) is 4.32. The summed E-state index contributed by atoms with van der Waals surface area (Å²) in [5, 5.41) is 11.7. The molecule has 0 heterocycles. The molecular weight excluding hydrogens is 294 g/mol. The SMILES string of the molecule is COc1ccc(C)cc1C(=O)NCCc1ccc(C(=O)O)cc1. The zero-order chi connectivity index (χ0) is 16.8. The molecule has 0 saturated heterocycles. The molecule has 0 atom stereocenters. The first-order valence-corrected chi connectivity index (χ1v) is 7.26. The number of aromatic carboxylic acids is 1. The van der Waals surface area contributed by atoms with Gasteiger partial charge in [-0.1, -0.05) is 23.8 Å². The minimum absolute atomic E-state index is 0.187. The molecule has 2 aromatic rings. The van der Waals surface area contributed by atoms with Crippen molar-refractivity contribution in [1.82, 2.24) is 5.32 Å². The number of carboxylic acids is 1. The Kier molecular flexibility index (Phi) is 5.36. The first kappa shape index (κ1) is 16.5.